The third-order valence-corrected chi connectivity index (χ3v) is 3.13. The van der Waals surface area contributed by atoms with Gasteiger partial charge in [0, 0.05) is 6.54 Å². The molecule has 1 unspecified atom stereocenters. The van der Waals surface area contributed by atoms with Crippen molar-refractivity contribution in [1.82, 2.24) is 10.2 Å². The van der Waals surface area contributed by atoms with Gasteiger partial charge in [0.05, 0.1) is 0 Å². The Bertz CT molecular complexity index is 136. The zero-order valence-electron chi connectivity index (χ0n) is 9.89. The van der Waals surface area contributed by atoms with E-state index in [9.17, 15) is 0 Å². The first-order chi connectivity index (χ1) is 6.83. The van der Waals surface area contributed by atoms with Crippen LogP contribution in [0.5, 0.6) is 0 Å². The van der Waals surface area contributed by atoms with Crippen LogP contribution in [0.25, 0.3) is 0 Å². The molecule has 0 saturated carbocycles. The first-order valence-corrected chi connectivity index (χ1v) is 6.22. The van der Waals surface area contributed by atoms with E-state index in [-0.39, 0.29) is 0 Å². The summed E-state index contributed by atoms with van der Waals surface area (Å²) in [6, 6.07) is 0. The second-order valence-corrected chi connectivity index (χ2v) is 4.68. The Balaban J connectivity index is 1.84. The molecule has 0 aliphatic carbocycles. The first-order valence-electron chi connectivity index (χ1n) is 6.22. The van der Waals surface area contributed by atoms with Gasteiger partial charge in [0.2, 0.25) is 0 Å². The minimum Gasteiger partial charge on any atom is -0.316 e. The largest absolute Gasteiger partial charge is 0.316 e. The number of rotatable bonds is 7. The topological polar surface area (TPSA) is 15.3 Å². The van der Waals surface area contributed by atoms with Gasteiger partial charge in [0.15, 0.2) is 0 Å². The summed E-state index contributed by atoms with van der Waals surface area (Å²) in [6.07, 6.45) is 6.88. The number of nitrogens with zero attached hydrogens (tertiary/aromatic N) is 1. The molecule has 0 amide bonds. The highest BCUT2D eigenvalue weighted by atomic mass is 15.1. The number of hydrogen-bond acceptors (Lipinski definition) is 2. The monoisotopic (exact) mass is 198 g/mol. The normalized spacial score (nSPS) is 23.1. The lowest BCUT2D eigenvalue weighted by Crippen LogP contribution is -2.25. The molecule has 1 fully saturated rings. The molecule has 1 saturated heterocycles. The Morgan fingerprint density at radius 2 is 2.14 bits per heavy atom. The second kappa shape index (κ2) is 7.24. The Hall–Kier alpha value is -0.0800. The van der Waals surface area contributed by atoms with Crippen molar-refractivity contribution in [2.75, 3.05) is 33.2 Å². The smallest absolute Gasteiger partial charge is 0.00192 e. The molecular weight excluding hydrogens is 172 g/mol. The van der Waals surface area contributed by atoms with Gasteiger partial charge >= 0.3 is 0 Å². The zero-order chi connectivity index (χ0) is 10.2. The van der Waals surface area contributed by atoms with Crippen molar-refractivity contribution in [2.24, 2.45) is 5.92 Å². The summed E-state index contributed by atoms with van der Waals surface area (Å²) in [7, 11) is 2.22. The maximum Gasteiger partial charge on any atom is 0.00192 e. The van der Waals surface area contributed by atoms with E-state index in [1.54, 1.807) is 0 Å². The maximum atomic E-state index is 3.58. The van der Waals surface area contributed by atoms with Crippen molar-refractivity contribution in [1.29, 1.82) is 0 Å². The summed E-state index contributed by atoms with van der Waals surface area (Å²) in [4.78, 5) is 2.43. The van der Waals surface area contributed by atoms with E-state index in [4.69, 9.17) is 0 Å². The lowest BCUT2D eigenvalue weighted by atomic mass is 10.1. The molecule has 1 aliphatic heterocycles. The molecule has 0 aromatic heterocycles. The van der Waals surface area contributed by atoms with E-state index >= 15 is 0 Å². The SMILES string of the molecule is CCCCCCNCC1CCN(C)C1. The van der Waals surface area contributed by atoms with Gasteiger partial charge in [-0.1, -0.05) is 26.2 Å². The Morgan fingerprint density at radius 3 is 2.79 bits per heavy atom. The average Bonchev–Trinajstić information content (AvgIpc) is 2.58. The third-order valence-electron chi connectivity index (χ3n) is 3.13. The van der Waals surface area contributed by atoms with E-state index in [0.717, 1.165) is 5.92 Å². The predicted molar refractivity (Wildman–Crippen MR) is 62.6 cm³/mol. The zero-order valence-corrected chi connectivity index (χ0v) is 9.89. The predicted octanol–water partition coefficient (Wildman–Crippen LogP) is 2.11. The summed E-state index contributed by atoms with van der Waals surface area (Å²) in [6.45, 7) is 7.31. The van der Waals surface area contributed by atoms with Crippen LogP contribution in [-0.2, 0) is 0 Å². The fraction of sp³-hybridized carbons (Fsp3) is 1.00. The molecule has 2 heteroatoms. The summed E-state index contributed by atoms with van der Waals surface area (Å²) in [5.41, 5.74) is 0. The fourth-order valence-corrected chi connectivity index (χ4v) is 2.18. The van der Waals surface area contributed by atoms with Gasteiger partial charge in [-0.3, -0.25) is 0 Å². The van der Waals surface area contributed by atoms with Crippen LogP contribution in [-0.4, -0.2) is 38.1 Å². The van der Waals surface area contributed by atoms with Crippen molar-refractivity contribution < 1.29 is 0 Å². The molecule has 1 atom stereocenters. The molecule has 84 valence electrons. The fourth-order valence-electron chi connectivity index (χ4n) is 2.18. The molecule has 0 aromatic rings. The number of hydrogen-bond donors (Lipinski definition) is 1. The van der Waals surface area contributed by atoms with Crippen molar-refractivity contribution in [3.63, 3.8) is 0 Å². The van der Waals surface area contributed by atoms with E-state index < -0.39 is 0 Å². The van der Waals surface area contributed by atoms with Gasteiger partial charge in [0.25, 0.3) is 0 Å². The Kier molecular flexibility index (Phi) is 6.20. The van der Waals surface area contributed by atoms with Crippen LogP contribution in [0.4, 0.5) is 0 Å². The molecule has 1 heterocycles. The highest BCUT2D eigenvalue weighted by molar-refractivity contribution is 4.74. The van der Waals surface area contributed by atoms with Gasteiger partial charge in [-0.2, -0.15) is 0 Å². The molecule has 1 rings (SSSR count). The van der Waals surface area contributed by atoms with E-state index in [2.05, 4.69) is 24.2 Å². The van der Waals surface area contributed by atoms with Crippen molar-refractivity contribution in [3.8, 4) is 0 Å². The number of unbranched alkanes of at least 4 members (excludes halogenated alkanes) is 3. The lowest BCUT2D eigenvalue weighted by Gasteiger charge is -2.11. The van der Waals surface area contributed by atoms with Crippen LogP contribution in [0.15, 0.2) is 0 Å². The van der Waals surface area contributed by atoms with Crippen LogP contribution in [0.1, 0.15) is 39.0 Å². The average molecular weight is 198 g/mol. The minimum atomic E-state index is 0.908. The molecule has 1 aliphatic rings. The molecule has 0 spiro atoms. The summed E-state index contributed by atoms with van der Waals surface area (Å²) >= 11 is 0. The molecule has 0 aromatic carbocycles. The van der Waals surface area contributed by atoms with Gasteiger partial charge in [-0.15, -0.1) is 0 Å². The van der Waals surface area contributed by atoms with Crippen LogP contribution in [0.2, 0.25) is 0 Å². The molecule has 1 N–H and O–H groups in total. The number of likely N-dealkylation sites (tertiary alicyclic amines) is 1. The first kappa shape index (κ1) is 12.0. The Morgan fingerprint density at radius 1 is 1.29 bits per heavy atom. The third kappa shape index (κ3) is 4.97. The van der Waals surface area contributed by atoms with Crippen molar-refractivity contribution >= 4 is 0 Å². The van der Waals surface area contributed by atoms with Crippen LogP contribution < -0.4 is 5.32 Å². The highest BCUT2D eigenvalue weighted by Crippen LogP contribution is 2.12. The molecule has 0 radical (unpaired) electrons. The van der Waals surface area contributed by atoms with Gasteiger partial charge in [-0.25, -0.2) is 0 Å². The molecule has 0 bridgehead atoms. The van der Waals surface area contributed by atoms with Crippen molar-refractivity contribution in [3.05, 3.63) is 0 Å². The standard InChI is InChI=1S/C12H26N2/c1-3-4-5-6-8-13-10-12-7-9-14(2)11-12/h12-13H,3-11H2,1-2H3. The highest BCUT2D eigenvalue weighted by Gasteiger charge is 2.18. The van der Waals surface area contributed by atoms with Crippen LogP contribution in [0, 0.1) is 5.92 Å². The second-order valence-electron chi connectivity index (χ2n) is 4.68. The van der Waals surface area contributed by atoms with Gasteiger partial charge in [-0.05, 0) is 45.4 Å². The molecule has 2 nitrogen and oxygen atoms in total. The van der Waals surface area contributed by atoms with E-state index in [1.807, 2.05) is 0 Å². The summed E-state index contributed by atoms with van der Waals surface area (Å²) < 4.78 is 0. The quantitative estimate of drug-likeness (QED) is 0.630. The Labute approximate surface area is 89.1 Å². The minimum absolute atomic E-state index is 0.908. The van der Waals surface area contributed by atoms with Crippen LogP contribution >= 0.6 is 0 Å². The maximum absolute atomic E-state index is 3.58. The summed E-state index contributed by atoms with van der Waals surface area (Å²) in [5, 5.41) is 3.58. The lowest BCUT2D eigenvalue weighted by molar-refractivity contribution is 0.387. The number of nitrogens with one attached hydrogen (secondary N) is 1. The van der Waals surface area contributed by atoms with Gasteiger partial charge < -0.3 is 10.2 Å². The van der Waals surface area contributed by atoms with Crippen molar-refractivity contribution in [2.45, 2.75) is 39.0 Å². The van der Waals surface area contributed by atoms with E-state index in [0.29, 0.717) is 0 Å². The molecule has 14 heavy (non-hydrogen) atoms. The molecular formula is C12H26N2. The van der Waals surface area contributed by atoms with Crippen LogP contribution in [0.3, 0.4) is 0 Å². The summed E-state index contributed by atoms with van der Waals surface area (Å²) in [5.74, 6) is 0.908. The van der Waals surface area contributed by atoms with Gasteiger partial charge in [0.1, 0.15) is 0 Å². The van der Waals surface area contributed by atoms with E-state index in [1.165, 1.54) is 58.3 Å².